The number of halogens is 1. The summed E-state index contributed by atoms with van der Waals surface area (Å²) < 4.78 is 0. The summed E-state index contributed by atoms with van der Waals surface area (Å²) in [4.78, 5) is 34.5. The lowest BCUT2D eigenvalue weighted by atomic mass is 10.1. The average molecular weight is 600 g/mol. The van der Waals surface area contributed by atoms with Crippen LogP contribution in [0.1, 0.15) is 105 Å². The molecular weight excluding hydrogens is 546 g/mol. The van der Waals surface area contributed by atoms with Crippen LogP contribution in [0, 0.1) is 13.8 Å². The van der Waals surface area contributed by atoms with Crippen molar-refractivity contribution in [1.82, 2.24) is 25.1 Å². The number of nitrogens with one attached hydrogen (secondary N) is 2. The fraction of sp³-hybridized carbons (Fsp3) is 0.500. The standard InChI is InChI=1S/C18H25ClN4O.C9H10O.C5H13N.C2H6/c1-4-11-23(3)17(24)10-9-15(20-5-2)18-21-14-8-6-7-13(19)12-16(14)22-18;1-7-3-4-9(6-10)8(2)5-7;1-4-6(3)5-2;1-2/h5-6,8,12,15,20H,2,4,7,9-11H2,1,3H3,(H,21,22);3-6H,1-2H3;4-5H2,1-3H3;1-2H3. The third-order valence-corrected chi connectivity index (χ3v) is 6.85. The predicted molar refractivity (Wildman–Crippen MR) is 181 cm³/mol. The molecule has 8 heteroatoms. The molecule has 2 N–H and O–H groups in total. The molecule has 234 valence electrons. The Morgan fingerprint density at radius 1 is 1.19 bits per heavy atom. The van der Waals surface area contributed by atoms with Gasteiger partial charge in [-0.3, -0.25) is 9.59 Å². The van der Waals surface area contributed by atoms with Crippen LogP contribution in [0.3, 0.4) is 0 Å². The highest BCUT2D eigenvalue weighted by atomic mass is 35.5. The van der Waals surface area contributed by atoms with E-state index < -0.39 is 0 Å². The lowest BCUT2D eigenvalue weighted by Gasteiger charge is -2.19. The van der Waals surface area contributed by atoms with Crippen LogP contribution in [0.5, 0.6) is 0 Å². The quantitative estimate of drug-likeness (QED) is 0.256. The van der Waals surface area contributed by atoms with Crippen LogP contribution in [-0.4, -0.2) is 65.7 Å². The van der Waals surface area contributed by atoms with Crippen molar-refractivity contribution < 1.29 is 9.59 Å². The largest absolute Gasteiger partial charge is 0.382 e. The molecule has 1 aliphatic carbocycles. The van der Waals surface area contributed by atoms with Crippen LogP contribution in [0.25, 0.3) is 12.2 Å². The predicted octanol–water partition coefficient (Wildman–Crippen LogP) is 7.93. The molecule has 0 radical (unpaired) electrons. The third kappa shape index (κ3) is 14.6. The number of imidazole rings is 1. The summed E-state index contributed by atoms with van der Waals surface area (Å²) in [7, 11) is 3.95. The number of fused-ring (bicyclic) bond motifs is 1. The first-order valence-corrected chi connectivity index (χ1v) is 15.4. The minimum atomic E-state index is -0.0889. The maximum Gasteiger partial charge on any atom is 0.222 e. The smallest absolute Gasteiger partial charge is 0.222 e. The number of nitrogens with zero attached hydrogens (tertiary/aromatic N) is 3. The first-order chi connectivity index (χ1) is 20.1. The Morgan fingerprint density at radius 3 is 2.38 bits per heavy atom. The maximum absolute atomic E-state index is 12.2. The molecule has 42 heavy (non-hydrogen) atoms. The third-order valence-electron chi connectivity index (χ3n) is 6.58. The van der Waals surface area contributed by atoms with Crippen molar-refractivity contribution in [2.45, 2.75) is 80.2 Å². The molecule has 0 saturated heterocycles. The summed E-state index contributed by atoms with van der Waals surface area (Å²) in [5.41, 5.74) is 4.80. The maximum atomic E-state index is 12.2. The molecule has 0 aliphatic heterocycles. The lowest BCUT2D eigenvalue weighted by Crippen LogP contribution is -2.28. The van der Waals surface area contributed by atoms with Crippen molar-refractivity contribution in [3.8, 4) is 0 Å². The Kier molecular flexibility index (Phi) is 20.8. The molecule has 0 fully saturated rings. The van der Waals surface area contributed by atoms with Gasteiger partial charge in [0.05, 0.1) is 17.4 Å². The Balaban J connectivity index is 0.000000765. The van der Waals surface area contributed by atoms with Gasteiger partial charge in [-0.25, -0.2) is 4.98 Å². The Morgan fingerprint density at radius 2 is 1.86 bits per heavy atom. The highest BCUT2D eigenvalue weighted by Gasteiger charge is 2.19. The van der Waals surface area contributed by atoms with Crippen LogP contribution in [0.4, 0.5) is 0 Å². The van der Waals surface area contributed by atoms with E-state index >= 15 is 0 Å². The van der Waals surface area contributed by atoms with Crippen LogP contribution in [0.2, 0.25) is 0 Å². The van der Waals surface area contributed by atoms with Crippen molar-refractivity contribution in [3.63, 3.8) is 0 Å². The van der Waals surface area contributed by atoms with E-state index in [1.165, 1.54) is 5.56 Å². The minimum absolute atomic E-state index is 0.0889. The van der Waals surface area contributed by atoms with Crippen LogP contribution >= 0.6 is 11.6 Å². The van der Waals surface area contributed by atoms with Gasteiger partial charge in [-0.1, -0.05) is 82.6 Å². The van der Waals surface area contributed by atoms with Gasteiger partial charge in [0, 0.05) is 37.0 Å². The fourth-order valence-corrected chi connectivity index (χ4v) is 4.06. The number of carbonyl (C=O) groups excluding carboxylic acids is 2. The summed E-state index contributed by atoms with van der Waals surface area (Å²) in [6.07, 6.45) is 11.2. The Bertz CT molecular complexity index is 1130. The number of benzene rings is 1. The Labute approximate surface area is 260 Å². The second-order valence-corrected chi connectivity index (χ2v) is 10.3. The minimum Gasteiger partial charge on any atom is -0.382 e. The van der Waals surface area contributed by atoms with Crippen LogP contribution < -0.4 is 5.32 Å². The highest BCUT2D eigenvalue weighted by Crippen LogP contribution is 2.25. The zero-order valence-electron chi connectivity index (χ0n) is 27.4. The summed E-state index contributed by atoms with van der Waals surface area (Å²) >= 11 is 6.15. The molecule has 1 atom stereocenters. The van der Waals surface area contributed by atoms with E-state index in [-0.39, 0.29) is 11.9 Å². The monoisotopic (exact) mass is 599 g/mol. The van der Waals surface area contributed by atoms with Gasteiger partial charge in [0.2, 0.25) is 5.91 Å². The number of aryl methyl sites for hydroxylation is 2. The molecular formula is C34H54ClN5O2. The first kappa shape index (κ1) is 38.8. The molecule has 1 unspecified atom stereocenters. The second kappa shape index (κ2) is 22.4. The van der Waals surface area contributed by atoms with Crippen molar-refractivity contribution >= 4 is 35.9 Å². The van der Waals surface area contributed by atoms with E-state index in [1.54, 1.807) is 11.1 Å². The molecule has 1 aromatic carbocycles. The fourth-order valence-electron chi connectivity index (χ4n) is 3.86. The molecule has 1 aromatic heterocycles. The summed E-state index contributed by atoms with van der Waals surface area (Å²) in [6, 6.07) is 5.70. The number of H-pyrrole nitrogens is 1. The molecule has 1 heterocycles. The SMILES string of the molecule is C=CNC(CCC(=O)N(C)CCC)c1nc2c([nH]1)C=C(Cl)CC=C2.CC.CCN(C)CC.Cc1ccc(C=O)c(C)c1. The number of aromatic amines is 1. The average Bonchev–Trinajstić information content (AvgIpc) is 3.29. The molecule has 3 rings (SSSR count). The molecule has 7 nitrogen and oxygen atoms in total. The molecule has 0 bridgehead atoms. The number of amides is 1. The Hall–Kier alpha value is -3.16. The molecule has 0 spiro atoms. The van der Waals surface area contributed by atoms with Gasteiger partial charge >= 0.3 is 0 Å². The van der Waals surface area contributed by atoms with E-state index in [0.29, 0.717) is 19.3 Å². The van der Waals surface area contributed by atoms with Crippen LogP contribution in [0.15, 0.2) is 42.1 Å². The number of carbonyl (C=O) groups is 2. The molecule has 0 saturated carbocycles. The van der Waals surface area contributed by atoms with Gasteiger partial charge in [0.1, 0.15) is 12.1 Å². The summed E-state index contributed by atoms with van der Waals surface area (Å²) in [6.45, 7) is 21.2. The number of rotatable bonds is 11. The van der Waals surface area contributed by atoms with Gasteiger partial charge in [-0.05, 0) is 70.7 Å². The highest BCUT2D eigenvalue weighted by molar-refractivity contribution is 6.31. The van der Waals surface area contributed by atoms with E-state index in [2.05, 4.69) is 54.6 Å². The van der Waals surface area contributed by atoms with Crippen molar-refractivity contribution in [3.05, 3.63) is 76.0 Å². The topological polar surface area (TPSA) is 81.3 Å². The number of hydrogen-bond donors (Lipinski definition) is 2. The lowest BCUT2D eigenvalue weighted by molar-refractivity contribution is -0.130. The molecule has 1 aliphatic rings. The number of aromatic nitrogens is 2. The van der Waals surface area contributed by atoms with E-state index in [0.717, 1.165) is 65.7 Å². The van der Waals surface area contributed by atoms with Crippen LogP contribution in [-0.2, 0) is 4.79 Å². The van der Waals surface area contributed by atoms with E-state index in [1.807, 2.05) is 71.2 Å². The van der Waals surface area contributed by atoms with Crippen molar-refractivity contribution in [2.75, 3.05) is 33.7 Å². The van der Waals surface area contributed by atoms with Gasteiger partial charge in [-0.2, -0.15) is 0 Å². The zero-order valence-corrected chi connectivity index (χ0v) is 28.1. The van der Waals surface area contributed by atoms with Crippen molar-refractivity contribution in [1.29, 1.82) is 0 Å². The number of aldehydes is 1. The molecule has 1 amide bonds. The zero-order chi connectivity index (χ0) is 32.1. The van der Waals surface area contributed by atoms with Gasteiger partial charge in [0.25, 0.3) is 0 Å². The van der Waals surface area contributed by atoms with Crippen molar-refractivity contribution in [2.24, 2.45) is 0 Å². The summed E-state index contributed by atoms with van der Waals surface area (Å²) in [5.74, 6) is 0.932. The van der Waals surface area contributed by atoms with Gasteiger partial charge in [0.15, 0.2) is 0 Å². The van der Waals surface area contributed by atoms with E-state index in [9.17, 15) is 9.59 Å². The summed E-state index contributed by atoms with van der Waals surface area (Å²) in [5, 5.41) is 3.95. The second-order valence-electron chi connectivity index (χ2n) is 9.86. The van der Waals surface area contributed by atoms with Gasteiger partial charge < -0.3 is 20.1 Å². The van der Waals surface area contributed by atoms with Gasteiger partial charge in [-0.15, -0.1) is 0 Å². The van der Waals surface area contributed by atoms with E-state index in [4.69, 9.17) is 11.6 Å². The number of hydrogen-bond acceptors (Lipinski definition) is 5. The number of allylic oxidation sites excluding steroid dienone is 2. The molecule has 2 aromatic rings. The normalized spacial score (nSPS) is 12.0. The first-order valence-electron chi connectivity index (χ1n) is 15.0.